The van der Waals surface area contributed by atoms with E-state index in [1.54, 1.807) is 0 Å². The fraction of sp³-hybridized carbons (Fsp3) is 0.240. The van der Waals surface area contributed by atoms with E-state index >= 15 is 0 Å². The lowest BCUT2D eigenvalue weighted by Gasteiger charge is -2.21. The largest absolute Gasteiger partial charge is 0.370 e. The third kappa shape index (κ3) is 9.44. The molecule has 0 heterocycles. The zero-order valence-electron chi connectivity index (χ0n) is 19.2. The first-order chi connectivity index (χ1) is 15.9. The Morgan fingerprint density at radius 3 is 2.20 bits per heavy atom. The SMILES string of the molecule is Cl.Cl.NC(N)=NCCC[C@H](NC(=O)[C@H](N)Cc1ccccc1)C(=O)Nc1ccc2ccccc2c1. The fourth-order valence-electron chi connectivity index (χ4n) is 3.51. The predicted octanol–water partition coefficient (Wildman–Crippen LogP) is 2.73. The van der Waals surface area contributed by atoms with Crippen molar-refractivity contribution in [2.75, 3.05) is 11.9 Å². The number of nitrogens with one attached hydrogen (secondary N) is 2. The molecule has 0 aromatic heterocycles. The van der Waals surface area contributed by atoms with Crippen LogP contribution in [0.4, 0.5) is 5.69 Å². The van der Waals surface area contributed by atoms with E-state index in [1.165, 1.54) is 0 Å². The molecule has 8 N–H and O–H groups in total. The summed E-state index contributed by atoms with van der Waals surface area (Å²) < 4.78 is 0. The van der Waals surface area contributed by atoms with Crippen LogP contribution in [0.3, 0.4) is 0 Å². The molecule has 0 aliphatic heterocycles. The Hall–Kier alpha value is -3.33. The van der Waals surface area contributed by atoms with Gasteiger partial charge in [-0.15, -0.1) is 24.8 Å². The molecule has 0 unspecified atom stereocenters. The number of benzene rings is 3. The highest BCUT2D eigenvalue weighted by atomic mass is 35.5. The molecule has 35 heavy (non-hydrogen) atoms. The normalized spacial score (nSPS) is 11.8. The van der Waals surface area contributed by atoms with Crippen LogP contribution in [0.2, 0.25) is 0 Å². The Morgan fingerprint density at radius 1 is 0.857 bits per heavy atom. The van der Waals surface area contributed by atoms with Crippen LogP contribution in [-0.2, 0) is 16.0 Å². The van der Waals surface area contributed by atoms with Crippen LogP contribution in [0.15, 0.2) is 77.8 Å². The Morgan fingerprint density at radius 2 is 1.51 bits per heavy atom. The van der Waals surface area contributed by atoms with Crippen molar-refractivity contribution in [3.63, 3.8) is 0 Å². The van der Waals surface area contributed by atoms with Crippen LogP contribution in [0, 0.1) is 0 Å². The van der Waals surface area contributed by atoms with E-state index in [2.05, 4.69) is 15.6 Å². The first-order valence-electron chi connectivity index (χ1n) is 10.9. The number of carbonyl (C=O) groups excluding carboxylic acids is 2. The van der Waals surface area contributed by atoms with Gasteiger partial charge in [0.15, 0.2) is 5.96 Å². The average Bonchev–Trinajstić information content (AvgIpc) is 2.81. The van der Waals surface area contributed by atoms with Crippen molar-refractivity contribution >= 4 is 59.0 Å². The number of amides is 2. The molecule has 0 radical (unpaired) electrons. The van der Waals surface area contributed by atoms with Crippen molar-refractivity contribution < 1.29 is 9.59 Å². The summed E-state index contributed by atoms with van der Waals surface area (Å²) in [5, 5.41) is 7.78. The number of nitrogens with two attached hydrogens (primary N) is 3. The third-order valence-corrected chi connectivity index (χ3v) is 5.23. The molecule has 3 aromatic rings. The molecular formula is C25H32Cl2N6O2. The van der Waals surface area contributed by atoms with Gasteiger partial charge < -0.3 is 27.8 Å². The number of carbonyl (C=O) groups is 2. The van der Waals surface area contributed by atoms with Crippen molar-refractivity contribution in [1.29, 1.82) is 0 Å². The van der Waals surface area contributed by atoms with Gasteiger partial charge >= 0.3 is 0 Å². The number of nitrogens with zero attached hydrogens (tertiary/aromatic N) is 1. The van der Waals surface area contributed by atoms with Crippen molar-refractivity contribution in [2.24, 2.45) is 22.2 Å². The minimum absolute atomic E-state index is 0. The van der Waals surface area contributed by atoms with Crippen molar-refractivity contribution in [3.05, 3.63) is 78.4 Å². The van der Waals surface area contributed by atoms with E-state index in [4.69, 9.17) is 17.2 Å². The van der Waals surface area contributed by atoms with Crippen molar-refractivity contribution in [2.45, 2.75) is 31.3 Å². The van der Waals surface area contributed by atoms with Crippen LogP contribution in [-0.4, -0.2) is 36.4 Å². The molecule has 0 aliphatic carbocycles. The molecule has 8 nitrogen and oxygen atoms in total. The van der Waals surface area contributed by atoms with E-state index in [0.29, 0.717) is 31.5 Å². The summed E-state index contributed by atoms with van der Waals surface area (Å²) >= 11 is 0. The Bertz CT molecular complexity index is 1120. The van der Waals surface area contributed by atoms with E-state index in [0.717, 1.165) is 16.3 Å². The van der Waals surface area contributed by atoms with Crippen LogP contribution in [0.25, 0.3) is 10.8 Å². The van der Waals surface area contributed by atoms with Gasteiger partial charge in [0.1, 0.15) is 6.04 Å². The van der Waals surface area contributed by atoms with E-state index in [-0.39, 0.29) is 42.6 Å². The number of hydrogen-bond donors (Lipinski definition) is 5. The quantitative estimate of drug-likeness (QED) is 0.159. The van der Waals surface area contributed by atoms with Crippen LogP contribution < -0.4 is 27.8 Å². The zero-order chi connectivity index (χ0) is 23.6. The summed E-state index contributed by atoms with van der Waals surface area (Å²) in [6, 6.07) is 21.5. The van der Waals surface area contributed by atoms with Gasteiger partial charge in [-0.2, -0.15) is 0 Å². The molecule has 0 bridgehead atoms. The van der Waals surface area contributed by atoms with Gasteiger partial charge in [-0.25, -0.2) is 0 Å². The molecule has 2 amide bonds. The predicted molar refractivity (Wildman–Crippen MR) is 147 cm³/mol. The lowest BCUT2D eigenvalue weighted by molar-refractivity contribution is -0.127. The summed E-state index contributed by atoms with van der Waals surface area (Å²) in [5.41, 5.74) is 18.5. The first kappa shape index (κ1) is 29.7. The minimum Gasteiger partial charge on any atom is -0.370 e. The Balaban J connectivity index is 0.00000306. The number of fused-ring (bicyclic) bond motifs is 1. The molecule has 3 aromatic carbocycles. The van der Waals surface area contributed by atoms with E-state index in [1.807, 2.05) is 72.8 Å². The molecule has 3 rings (SSSR count). The summed E-state index contributed by atoms with van der Waals surface area (Å²) in [4.78, 5) is 29.7. The van der Waals surface area contributed by atoms with Gasteiger partial charge in [0.2, 0.25) is 11.8 Å². The highest BCUT2D eigenvalue weighted by molar-refractivity contribution is 5.99. The van der Waals surface area contributed by atoms with Gasteiger partial charge in [0.05, 0.1) is 6.04 Å². The second-order valence-electron chi connectivity index (χ2n) is 7.86. The highest BCUT2D eigenvalue weighted by Crippen LogP contribution is 2.19. The molecule has 188 valence electrons. The Labute approximate surface area is 217 Å². The monoisotopic (exact) mass is 518 g/mol. The van der Waals surface area contributed by atoms with E-state index in [9.17, 15) is 9.59 Å². The lowest BCUT2D eigenvalue weighted by Crippen LogP contribution is -2.50. The van der Waals surface area contributed by atoms with Crippen molar-refractivity contribution in [3.8, 4) is 0 Å². The number of halogens is 2. The summed E-state index contributed by atoms with van der Waals surface area (Å²) in [6.07, 6.45) is 1.25. The molecule has 0 saturated heterocycles. The van der Waals surface area contributed by atoms with Gasteiger partial charge in [0, 0.05) is 12.2 Å². The Kier molecular flexibility index (Phi) is 12.6. The summed E-state index contributed by atoms with van der Waals surface area (Å²) in [6.45, 7) is 0.355. The average molecular weight is 519 g/mol. The topological polar surface area (TPSA) is 149 Å². The smallest absolute Gasteiger partial charge is 0.246 e. The van der Waals surface area contributed by atoms with Crippen LogP contribution in [0.5, 0.6) is 0 Å². The van der Waals surface area contributed by atoms with Gasteiger partial charge in [-0.1, -0.05) is 60.7 Å². The number of guanidine groups is 1. The van der Waals surface area contributed by atoms with Gasteiger partial charge in [0.25, 0.3) is 0 Å². The van der Waals surface area contributed by atoms with Crippen molar-refractivity contribution in [1.82, 2.24) is 5.32 Å². The van der Waals surface area contributed by atoms with Crippen LogP contribution >= 0.6 is 24.8 Å². The molecule has 2 atom stereocenters. The molecule has 10 heteroatoms. The number of anilines is 1. The summed E-state index contributed by atoms with van der Waals surface area (Å²) in [5.74, 6) is -0.726. The number of hydrogen-bond acceptors (Lipinski definition) is 4. The standard InChI is InChI=1S/C25H30N6O2.2ClH/c26-21(15-17-7-2-1-3-8-17)23(32)31-22(11-6-14-29-25(27)28)24(33)30-20-13-12-18-9-4-5-10-19(18)16-20;;/h1-5,7-10,12-13,16,21-22H,6,11,14-15,26H2,(H,30,33)(H,31,32)(H4,27,28,29);2*1H/t21-,22+;;/m1../s1. The van der Waals surface area contributed by atoms with E-state index < -0.39 is 12.1 Å². The van der Waals surface area contributed by atoms with Crippen LogP contribution in [0.1, 0.15) is 18.4 Å². The maximum absolute atomic E-state index is 13.0. The minimum atomic E-state index is -0.778. The molecule has 0 spiro atoms. The highest BCUT2D eigenvalue weighted by Gasteiger charge is 2.24. The number of aliphatic imine (C=N–C) groups is 1. The summed E-state index contributed by atoms with van der Waals surface area (Å²) in [7, 11) is 0. The lowest BCUT2D eigenvalue weighted by atomic mass is 10.0. The maximum atomic E-state index is 13.0. The van der Waals surface area contributed by atoms with Gasteiger partial charge in [-0.3, -0.25) is 14.6 Å². The fourth-order valence-corrected chi connectivity index (χ4v) is 3.51. The maximum Gasteiger partial charge on any atom is 0.246 e. The van der Waals surface area contributed by atoms with Gasteiger partial charge in [-0.05, 0) is 47.7 Å². The molecular weight excluding hydrogens is 487 g/mol. The first-order valence-corrected chi connectivity index (χ1v) is 10.9. The molecule has 0 saturated carbocycles. The second-order valence-corrected chi connectivity index (χ2v) is 7.86. The molecule has 0 fully saturated rings. The third-order valence-electron chi connectivity index (χ3n) is 5.23. The second kappa shape index (κ2) is 14.8. The molecule has 0 aliphatic rings. The zero-order valence-corrected chi connectivity index (χ0v) is 20.9. The number of rotatable bonds is 10.